The summed E-state index contributed by atoms with van der Waals surface area (Å²) in [5.74, 6) is 1.04. The van der Waals surface area contributed by atoms with Gasteiger partial charge < -0.3 is 10.5 Å². The fourth-order valence-electron chi connectivity index (χ4n) is 1.82. The van der Waals surface area contributed by atoms with Gasteiger partial charge in [0.2, 0.25) is 0 Å². The number of benzene rings is 1. The van der Waals surface area contributed by atoms with Gasteiger partial charge in [-0.05, 0) is 36.5 Å². The van der Waals surface area contributed by atoms with Crippen molar-refractivity contribution in [1.29, 1.82) is 0 Å². The van der Waals surface area contributed by atoms with E-state index in [0.717, 1.165) is 31.6 Å². The molecule has 0 saturated carbocycles. The highest BCUT2D eigenvalue weighted by atomic mass is 16.5. The van der Waals surface area contributed by atoms with Gasteiger partial charge in [-0.15, -0.1) is 0 Å². The molecule has 0 bridgehead atoms. The van der Waals surface area contributed by atoms with E-state index in [4.69, 9.17) is 10.5 Å². The molecule has 1 heterocycles. The zero-order valence-corrected chi connectivity index (χ0v) is 8.62. The molecule has 0 radical (unpaired) electrons. The SMILES string of the molecule is CC[C@@H](N)c1ccc2c(c1)OCCC2. The molecular formula is C12H17NO. The van der Waals surface area contributed by atoms with Gasteiger partial charge in [0.05, 0.1) is 6.61 Å². The number of aryl methyl sites for hydroxylation is 1. The van der Waals surface area contributed by atoms with Crippen molar-refractivity contribution in [3.8, 4) is 5.75 Å². The average Bonchev–Trinajstić information content (AvgIpc) is 2.27. The average molecular weight is 191 g/mol. The van der Waals surface area contributed by atoms with Crippen molar-refractivity contribution in [3.63, 3.8) is 0 Å². The minimum atomic E-state index is 0.144. The first kappa shape index (κ1) is 9.53. The highest BCUT2D eigenvalue weighted by Crippen LogP contribution is 2.28. The molecule has 1 atom stereocenters. The second-order valence-electron chi connectivity index (χ2n) is 3.83. The zero-order chi connectivity index (χ0) is 9.97. The molecule has 2 N–H and O–H groups in total. The monoisotopic (exact) mass is 191 g/mol. The van der Waals surface area contributed by atoms with Crippen molar-refractivity contribution >= 4 is 0 Å². The lowest BCUT2D eigenvalue weighted by Crippen LogP contribution is -2.12. The van der Waals surface area contributed by atoms with Gasteiger partial charge in [0.1, 0.15) is 5.75 Å². The van der Waals surface area contributed by atoms with Crippen molar-refractivity contribution in [1.82, 2.24) is 0 Å². The Balaban J connectivity index is 2.29. The van der Waals surface area contributed by atoms with E-state index in [1.54, 1.807) is 0 Å². The number of ether oxygens (including phenoxy) is 1. The number of rotatable bonds is 2. The second kappa shape index (κ2) is 4.01. The van der Waals surface area contributed by atoms with E-state index in [1.165, 1.54) is 11.1 Å². The van der Waals surface area contributed by atoms with Crippen LogP contribution in [0.3, 0.4) is 0 Å². The zero-order valence-electron chi connectivity index (χ0n) is 8.62. The number of fused-ring (bicyclic) bond motifs is 1. The van der Waals surface area contributed by atoms with Gasteiger partial charge in [-0.3, -0.25) is 0 Å². The van der Waals surface area contributed by atoms with E-state index < -0.39 is 0 Å². The van der Waals surface area contributed by atoms with Crippen LogP contribution in [0.4, 0.5) is 0 Å². The molecule has 0 saturated heterocycles. The predicted molar refractivity (Wildman–Crippen MR) is 57.5 cm³/mol. The number of hydrogen-bond donors (Lipinski definition) is 1. The molecule has 0 amide bonds. The van der Waals surface area contributed by atoms with Crippen LogP contribution in [-0.4, -0.2) is 6.61 Å². The lowest BCUT2D eigenvalue weighted by atomic mass is 9.99. The summed E-state index contributed by atoms with van der Waals surface area (Å²) < 4.78 is 5.60. The Morgan fingerprint density at radius 1 is 1.50 bits per heavy atom. The Morgan fingerprint density at radius 2 is 2.36 bits per heavy atom. The summed E-state index contributed by atoms with van der Waals surface area (Å²) in [6.07, 6.45) is 3.24. The summed E-state index contributed by atoms with van der Waals surface area (Å²) in [5.41, 5.74) is 8.48. The molecule has 2 nitrogen and oxygen atoms in total. The summed E-state index contributed by atoms with van der Waals surface area (Å²) in [4.78, 5) is 0. The third-order valence-electron chi connectivity index (χ3n) is 2.81. The summed E-state index contributed by atoms with van der Waals surface area (Å²) in [6, 6.07) is 6.52. The minimum absolute atomic E-state index is 0.144. The third kappa shape index (κ3) is 1.75. The quantitative estimate of drug-likeness (QED) is 0.779. The maximum absolute atomic E-state index is 5.97. The smallest absolute Gasteiger partial charge is 0.122 e. The Morgan fingerprint density at radius 3 is 3.14 bits per heavy atom. The highest BCUT2D eigenvalue weighted by Gasteiger charge is 2.12. The van der Waals surface area contributed by atoms with Gasteiger partial charge >= 0.3 is 0 Å². The van der Waals surface area contributed by atoms with Crippen LogP contribution in [0.1, 0.15) is 36.9 Å². The maximum atomic E-state index is 5.97. The van der Waals surface area contributed by atoms with E-state index in [2.05, 4.69) is 25.1 Å². The van der Waals surface area contributed by atoms with Crippen LogP contribution >= 0.6 is 0 Å². The third-order valence-corrected chi connectivity index (χ3v) is 2.81. The molecule has 0 fully saturated rings. The van der Waals surface area contributed by atoms with Crippen molar-refractivity contribution < 1.29 is 4.74 Å². The van der Waals surface area contributed by atoms with E-state index in [-0.39, 0.29) is 6.04 Å². The molecule has 0 aliphatic carbocycles. The van der Waals surface area contributed by atoms with Crippen LogP contribution in [0.25, 0.3) is 0 Å². The second-order valence-corrected chi connectivity index (χ2v) is 3.83. The van der Waals surface area contributed by atoms with E-state index >= 15 is 0 Å². The Kier molecular flexibility index (Phi) is 2.73. The predicted octanol–water partition coefficient (Wildman–Crippen LogP) is 2.42. The van der Waals surface area contributed by atoms with Crippen LogP contribution in [0, 0.1) is 0 Å². The molecule has 76 valence electrons. The molecule has 1 aliphatic heterocycles. The molecule has 0 aromatic heterocycles. The Labute approximate surface area is 85.1 Å². The lowest BCUT2D eigenvalue weighted by molar-refractivity contribution is 0.288. The van der Waals surface area contributed by atoms with Crippen LogP contribution in [0.5, 0.6) is 5.75 Å². The van der Waals surface area contributed by atoms with E-state index in [0.29, 0.717) is 0 Å². The standard InChI is InChI=1S/C12H17NO/c1-2-11(13)10-6-5-9-4-3-7-14-12(9)8-10/h5-6,8,11H,2-4,7,13H2,1H3/t11-/m1/s1. The van der Waals surface area contributed by atoms with Gasteiger partial charge in [-0.1, -0.05) is 19.1 Å². The fourth-order valence-corrected chi connectivity index (χ4v) is 1.82. The van der Waals surface area contributed by atoms with Crippen molar-refractivity contribution in [2.45, 2.75) is 32.2 Å². The molecule has 0 unspecified atom stereocenters. The van der Waals surface area contributed by atoms with Crippen molar-refractivity contribution in [3.05, 3.63) is 29.3 Å². The molecular weight excluding hydrogens is 174 g/mol. The summed E-state index contributed by atoms with van der Waals surface area (Å²) in [7, 11) is 0. The molecule has 1 aliphatic rings. The van der Waals surface area contributed by atoms with Gasteiger partial charge in [0, 0.05) is 6.04 Å². The van der Waals surface area contributed by atoms with Gasteiger partial charge in [0.15, 0.2) is 0 Å². The van der Waals surface area contributed by atoms with Gasteiger partial charge in [-0.2, -0.15) is 0 Å². The van der Waals surface area contributed by atoms with Crippen LogP contribution in [0.15, 0.2) is 18.2 Å². The summed E-state index contributed by atoms with van der Waals surface area (Å²) in [5, 5.41) is 0. The lowest BCUT2D eigenvalue weighted by Gasteiger charge is -2.19. The van der Waals surface area contributed by atoms with Crippen molar-refractivity contribution in [2.75, 3.05) is 6.61 Å². The molecule has 2 heteroatoms. The molecule has 2 rings (SSSR count). The number of hydrogen-bond acceptors (Lipinski definition) is 2. The van der Waals surface area contributed by atoms with E-state index in [1.807, 2.05) is 0 Å². The van der Waals surface area contributed by atoms with Gasteiger partial charge in [0.25, 0.3) is 0 Å². The molecule has 0 spiro atoms. The first-order valence-electron chi connectivity index (χ1n) is 5.32. The van der Waals surface area contributed by atoms with Crippen LogP contribution in [-0.2, 0) is 6.42 Å². The molecule has 1 aromatic carbocycles. The van der Waals surface area contributed by atoms with Crippen LogP contribution < -0.4 is 10.5 Å². The summed E-state index contributed by atoms with van der Waals surface area (Å²) >= 11 is 0. The molecule has 1 aromatic rings. The number of nitrogens with two attached hydrogens (primary N) is 1. The maximum Gasteiger partial charge on any atom is 0.122 e. The normalized spacial score (nSPS) is 17.0. The fraction of sp³-hybridized carbons (Fsp3) is 0.500. The highest BCUT2D eigenvalue weighted by molar-refractivity contribution is 5.39. The molecule has 14 heavy (non-hydrogen) atoms. The van der Waals surface area contributed by atoms with Crippen LogP contribution in [0.2, 0.25) is 0 Å². The topological polar surface area (TPSA) is 35.2 Å². The van der Waals surface area contributed by atoms with Crippen molar-refractivity contribution in [2.24, 2.45) is 5.73 Å². The van der Waals surface area contributed by atoms with Gasteiger partial charge in [-0.25, -0.2) is 0 Å². The minimum Gasteiger partial charge on any atom is -0.493 e. The largest absolute Gasteiger partial charge is 0.493 e. The Bertz CT molecular complexity index is 322. The Hall–Kier alpha value is -1.02. The first-order chi connectivity index (χ1) is 6.81. The first-order valence-corrected chi connectivity index (χ1v) is 5.32. The summed E-state index contributed by atoms with van der Waals surface area (Å²) in [6.45, 7) is 2.95. The van der Waals surface area contributed by atoms with E-state index in [9.17, 15) is 0 Å².